The van der Waals surface area contributed by atoms with Gasteiger partial charge in [-0.1, -0.05) is 11.8 Å². The van der Waals surface area contributed by atoms with E-state index in [2.05, 4.69) is 4.98 Å². The number of aryl methyl sites for hydroxylation is 1. The Kier molecular flexibility index (Phi) is 5.10. The van der Waals surface area contributed by atoms with Crippen LogP contribution in [0.2, 0.25) is 0 Å². The Bertz CT molecular complexity index is 551. The summed E-state index contributed by atoms with van der Waals surface area (Å²) < 4.78 is 13.8. The molecule has 0 radical (unpaired) electrons. The second-order valence-electron chi connectivity index (χ2n) is 4.14. The SMILES string of the molecule is Cc1csc(SCCCC(=O)c2ccc(F)cc2)n1. The van der Waals surface area contributed by atoms with E-state index in [0.717, 1.165) is 22.2 Å². The second-order valence-corrected chi connectivity index (χ2v) is 6.34. The van der Waals surface area contributed by atoms with Crippen molar-refractivity contribution in [2.24, 2.45) is 0 Å². The first-order chi connectivity index (χ1) is 9.15. The quantitative estimate of drug-likeness (QED) is 0.451. The Balaban J connectivity index is 1.73. The fourth-order valence-corrected chi connectivity index (χ4v) is 3.43. The van der Waals surface area contributed by atoms with Crippen LogP contribution < -0.4 is 0 Å². The molecule has 100 valence electrons. The first-order valence-corrected chi connectivity index (χ1v) is 7.85. The minimum atomic E-state index is -0.314. The van der Waals surface area contributed by atoms with Gasteiger partial charge in [0.1, 0.15) is 10.2 Å². The molecule has 2 rings (SSSR count). The number of hydrogen-bond acceptors (Lipinski definition) is 4. The van der Waals surface area contributed by atoms with Crippen LogP contribution in [0, 0.1) is 12.7 Å². The van der Waals surface area contributed by atoms with Gasteiger partial charge in [-0.2, -0.15) is 0 Å². The van der Waals surface area contributed by atoms with E-state index < -0.39 is 0 Å². The monoisotopic (exact) mass is 295 g/mol. The zero-order valence-corrected chi connectivity index (χ0v) is 12.2. The van der Waals surface area contributed by atoms with E-state index in [1.807, 2.05) is 12.3 Å². The minimum absolute atomic E-state index is 0.0657. The van der Waals surface area contributed by atoms with Crippen LogP contribution in [0.25, 0.3) is 0 Å². The average molecular weight is 295 g/mol. The number of halogens is 1. The van der Waals surface area contributed by atoms with Gasteiger partial charge in [-0.15, -0.1) is 11.3 Å². The summed E-state index contributed by atoms with van der Waals surface area (Å²) in [5.41, 5.74) is 1.62. The summed E-state index contributed by atoms with van der Waals surface area (Å²) in [7, 11) is 0. The average Bonchev–Trinajstić information content (AvgIpc) is 2.81. The van der Waals surface area contributed by atoms with Crippen molar-refractivity contribution in [3.05, 3.63) is 46.7 Å². The zero-order valence-electron chi connectivity index (χ0n) is 10.6. The number of thioether (sulfide) groups is 1. The van der Waals surface area contributed by atoms with E-state index >= 15 is 0 Å². The molecule has 0 unspecified atom stereocenters. The van der Waals surface area contributed by atoms with Crippen molar-refractivity contribution in [3.63, 3.8) is 0 Å². The lowest BCUT2D eigenvalue weighted by molar-refractivity contribution is 0.0982. The molecule has 0 aliphatic carbocycles. The molecule has 19 heavy (non-hydrogen) atoms. The highest BCUT2D eigenvalue weighted by molar-refractivity contribution is 8.01. The van der Waals surface area contributed by atoms with Gasteiger partial charge < -0.3 is 0 Å². The molecule has 5 heteroatoms. The van der Waals surface area contributed by atoms with Crippen LogP contribution in [0.4, 0.5) is 4.39 Å². The third-order valence-corrected chi connectivity index (χ3v) is 4.76. The number of nitrogens with zero attached hydrogens (tertiary/aromatic N) is 1. The normalized spacial score (nSPS) is 10.6. The van der Waals surface area contributed by atoms with Gasteiger partial charge in [0.2, 0.25) is 0 Å². The molecule has 1 heterocycles. The predicted molar refractivity (Wildman–Crippen MR) is 77.5 cm³/mol. The maximum atomic E-state index is 12.7. The van der Waals surface area contributed by atoms with Gasteiger partial charge in [0.25, 0.3) is 0 Å². The van der Waals surface area contributed by atoms with Crippen LogP contribution >= 0.6 is 23.1 Å². The van der Waals surface area contributed by atoms with E-state index in [4.69, 9.17) is 0 Å². The van der Waals surface area contributed by atoms with Crippen molar-refractivity contribution < 1.29 is 9.18 Å². The number of aromatic nitrogens is 1. The molecular formula is C14H14FNOS2. The lowest BCUT2D eigenvalue weighted by atomic mass is 10.1. The largest absolute Gasteiger partial charge is 0.294 e. The Morgan fingerprint density at radius 1 is 1.37 bits per heavy atom. The van der Waals surface area contributed by atoms with E-state index in [0.29, 0.717) is 12.0 Å². The van der Waals surface area contributed by atoms with Crippen molar-refractivity contribution in [1.82, 2.24) is 4.98 Å². The maximum Gasteiger partial charge on any atom is 0.162 e. The third kappa shape index (κ3) is 4.44. The Labute approximate surface area is 120 Å². The summed E-state index contributed by atoms with van der Waals surface area (Å²) in [6.45, 7) is 1.97. The van der Waals surface area contributed by atoms with Crippen LogP contribution in [-0.4, -0.2) is 16.5 Å². The molecule has 2 aromatic rings. The van der Waals surface area contributed by atoms with Gasteiger partial charge in [-0.05, 0) is 37.6 Å². The van der Waals surface area contributed by atoms with Crippen molar-refractivity contribution in [2.75, 3.05) is 5.75 Å². The van der Waals surface area contributed by atoms with Crippen molar-refractivity contribution >= 4 is 28.9 Å². The number of hydrogen-bond donors (Lipinski definition) is 0. The highest BCUT2D eigenvalue weighted by Crippen LogP contribution is 2.23. The lowest BCUT2D eigenvalue weighted by Gasteiger charge is -2.00. The molecule has 0 saturated carbocycles. The topological polar surface area (TPSA) is 30.0 Å². The lowest BCUT2D eigenvalue weighted by Crippen LogP contribution is -1.99. The van der Waals surface area contributed by atoms with E-state index in [1.165, 1.54) is 24.3 Å². The summed E-state index contributed by atoms with van der Waals surface area (Å²) >= 11 is 3.31. The number of benzene rings is 1. The molecule has 1 aromatic carbocycles. The molecule has 0 N–H and O–H groups in total. The van der Waals surface area contributed by atoms with Gasteiger partial charge in [0.05, 0.1) is 0 Å². The van der Waals surface area contributed by atoms with E-state index in [1.54, 1.807) is 23.1 Å². The number of ketones is 1. The summed E-state index contributed by atoms with van der Waals surface area (Å²) in [6.07, 6.45) is 1.29. The Morgan fingerprint density at radius 3 is 2.74 bits per heavy atom. The molecule has 0 saturated heterocycles. The van der Waals surface area contributed by atoms with Crippen LogP contribution in [0.3, 0.4) is 0 Å². The van der Waals surface area contributed by atoms with Crippen LogP contribution in [0.15, 0.2) is 34.0 Å². The van der Waals surface area contributed by atoms with Crippen molar-refractivity contribution in [2.45, 2.75) is 24.1 Å². The zero-order chi connectivity index (χ0) is 13.7. The Morgan fingerprint density at radius 2 is 2.11 bits per heavy atom. The second kappa shape index (κ2) is 6.82. The molecule has 0 amide bonds. The summed E-state index contributed by atoms with van der Waals surface area (Å²) in [5, 5.41) is 2.02. The summed E-state index contributed by atoms with van der Waals surface area (Å²) in [6, 6.07) is 5.71. The van der Waals surface area contributed by atoms with Crippen molar-refractivity contribution in [3.8, 4) is 0 Å². The molecule has 2 nitrogen and oxygen atoms in total. The number of carbonyl (C=O) groups excluding carboxylic acids is 1. The fourth-order valence-electron chi connectivity index (χ4n) is 1.57. The smallest absolute Gasteiger partial charge is 0.162 e. The number of rotatable bonds is 6. The van der Waals surface area contributed by atoms with Gasteiger partial charge in [-0.25, -0.2) is 9.37 Å². The molecule has 0 fully saturated rings. The third-order valence-electron chi connectivity index (χ3n) is 2.54. The minimum Gasteiger partial charge on any atom is -0.294 e. The molecule has 0 spiro atoms. The number of carbonyl (C=O) groups is 1. The van der Waals surface area contributed by atoms with Crippen LogP contribution in [0.1, 0.15) is 28.9 Å². The number of Topliss-reactive ketones (excluding diaryl/α,β-unsaturated/α-hetero) is 1. The maximum absolute atomic E-state index is 12.7. The molecule has 0 aliphatic heterocycles. The first-order valence-electron chi connectivity index (χ1n) is 5.99. The first kappa shape index (κ1) is 14.2. The molecule has 1 aromatic heterocycles. The van der Waals surface area contributed by atoms with Crippen LogP contribution in [0.5, 0.6) is 0 Å². The van der Waals surface area contributed by atoms with Gasteiger partial charge >= 0.3 is 0 Å². The van der Waals surface area contributed by atoms with Gasteiger partial charge in [-0.3, -0.25) is 4.79 Å². The van der Waals surface area contributed by atoms with Gasteiger partial charge in [0, 0.05) is 28.8 Å². The number of thiazole rings is 1. The fraction of sp³-hybridized carbons (Fsp3) is 0.286. The standard InChI is InChI=1S/C14H14FNOS2/c1-10-9-19-14(16-10)18-8-2-3-13(17)11-4-6-12(15)7-5-11/h4-7,9H,2-3,8H2,1H3. The highest BCUT2D eigenvalue weighted by Gasteiger charge is 2.06. The highest BCUT2D eigenvalue weighted by atomic mass is 32.2. The molecule has 0 atom stereocenters. The van der Waals surface area contributed by atoms with Gasteiger partial charge in [0.15, 0.2) is 5.78 Å². The van der Waals surface area contributed by atoms with E-state index in [9.17, 15) is 9.18 Å². The predicted octanol–water partition coefficient (Wildman–Crippen LogP) is 4.35. The summed E-state index contributed by atoms with van der Waals surface area (Å²) in [5.74, 6) is 0.627. The summed E-state index contributed by atoms with van der Waals surface area (Å²) in [4.78, 5) is 16.2. The van der Waals surface area contributed by atoms with Crippen molar-refractivity contribution in [1.29, 1.82) is 0 Å². The van der Waals surface area contributed by atoms with E-state index in [-0.39, 0.29) is 11.6 Å². The van der Waals surface area contributed by atoms with Crippen LogP contribution in [-0.2, 0) is 0 Å². The molecular weight excluding hydrogens is 281 g/mol. The molecule has 0 aliphatic rings. The molecule has 0 bridgehead atoms. The Hall–Kier alpha value is -1.20.